The second-order valence-electron chi connectivity index (χ2n) is 9.59. The van der Waals surface area contributed by atoms with Crippen molar-refractivity contribution in [1.29, 1.82) is 5.26 Å². The molecule has 3 aromatic carbocycles. The van der Waals surface area contributed by atoms with Crippen molar-refractivity contribution < 1.29 is 19.1 Å². The van der Waals surface area contributed by atoms with Gasteiger partial charge in [-0.05, 0) is 67.0 Å². The summed E-state index contributed by atoms with van der Waals surface area (Å²) < 4.78 is 13.4. The molecule has 42 heavy (non-hydrogen) atoms. The Labute approximate surface area is 252 Å². The third-order valence-electron chi connectivity index (χ3n) is 7.08. The van der Waals surface area contributed by atoms with Crippen LogP contribution in [0.3, 0.4) is 0 Å². The average Bonchev–Trinajstić information content (AvgIpc) is 3.44. The highest BCUT2D eigenvalue weighted by molar-refractivity contribution is 9.10. The molecule has 1 aliphatic heterocycles. The van der Waals surface area contributed by atoms with Crippen LogP contribution in [0.5, 0.6) is 11.5 Å². The molecule has 4 aromatic rings. The molecule has 1 aliphatic rings. The number of carbonyl (C=O) groups excluding carboxylic acids is 2. The number of benzene rings is 3. The van der Waals surface area contributed by atoms with Gasteiger partial charge in [0.2, 0.25) is 0 Å². The van der Waals surface area contributed by atoms with Crippen molar-refractivity contribution >= 4 is 33.8 Å². The third-order valence-corrected chi connectivity index (χ3v) is 7.61. The quantitative estimate of drug-likeness (QED) is 0.173. The first-order valence-electron chi connectivity index (χ1n) is 13.2. The Morgan fingerprint density at radius 2 is 1.67 bits per heavy atom. The van der Waals surface area contributed by atoms with Crippen LogP contribution >= 0.6 is 15.9 Å². The van der Waals surface area contributed by atoms with Crippen LogP contribution in [-0.2, 0) is 16.0 Å². The molecule has 2 amide bonds. The van der Waals surface area contributed by atoms with Gasteiger partial charge in [-0.15, -0.1) is 0 Å². The zero-order valence-electron chi connectivity index (χ0n) is 23.3. The van der Waals surface area contributed by atoms with E-state index in [9.17, 15) is 14.9 Å². The van der Waals surface area contributed by atoms with Gasteiger partial charge >= 0.3 is 0 Å². The maximum atomic E-state index is 13.8. The summed E-state index contributed by atoms with van der Waals surface area (Å²) in [6, 6.07) is 24.8. The highest BCUT2D eigenvalue weighted by Crippen LogP contribution is 2.32. The number of para-hydroxylation sites is 1. The van der Waals surface area contributed by atoms with Crippen molar-refractivity contribution in [3.05, 3.63) is 111 Å². The lowest BCUT2D eigenvalue weighted by atomic mass is 9.93. The highest BCUT2D eigenvalue weighted by atomic mass is 79.9. The Morgan fingerprint density at radius 1 is 0.952 bits per heavy atom. The van der Waals surface area contributed by atoms with Gasteiger partial charge in [0.15, 0.2) is 11.5 Å². The second-order valence-corrected chi connectivity index (χ2v) is 10.5. The van der Waals surface area contributed by atoms with Gasteiger partial charge in [-0.1, -0.05) is 52.3 Å². The molecule has 0 spiro atoms. The Morgan fingerprint density at radius 3 is 2.33 bits per heavy atom. The Kier molecular flexibility index (Phi) is 8.36. The van der Waals surface area contributed by atoms with E-state index in [0.717, 1.165) is 26.2 Å². The fourth-order valence-electron chi connectivity index (χ4n) is 4.80. The number of nitrogens with zero attached hydrogens (tertiary/aromatic N) is 4. The van der Waals surface area contributed by atoms with E-state index in [1.165, 1.54) is 0 Å². The van der Waals surface area contributed by atoms with Crippen LogP contribution in [-0.4, -0.2) is 47.3 Å². The summed E-state index contributed by atoms with van der Waals surface area (Å²) in [4.78, 5) is 28.2. The van der Waals surface area contributed by atoms with E-state index in [-0.39, 0.29) is 17.7 Å². The zero-order chi connectivity index (χ0) is 29.8. The molecular formula is C33H27BrN4O4. The van der Waals surface area contributed by atoms with Crippen molar-refractivity contribution in [3.8, 4) is 34.5 Å². The van der Waals surface area contributed by atoms with Gasteiger partial charge in [-0.2, -0.15) is 10.4 Å². The normalized spacial score (nSPS) is 14.4. The molecule has 0 radical (unpaired) electrons. The fraction of sp³-hybridized carbons (Fsp3) is 0.152. The first-order valence-corrected chi connectivity index (χ1v) is 13.9. The number of aromatic nitrogens is 2. The van der Waals surface area contributed by atoms with Crippen molar-refractivity contribution in [1.82, 2.24) is 14.7 Å². The predicted octanol–water partition coefficient (Wildman–Crippen LogP) is 6.15. The van der Waals surface area contributed by atoms with E-state index in [0.29, 0.717) is 34.8 Å². The van der Waals surface area contributed by atoms with Crippen LogP contribution in [0.25, 0.3) is 23.0 Å². The molecule has 1 aromatic heterocycles. The monoisotopic (exact) mass is 622 g/mol. The number of amides is 2. The van der Waals surface area contributed by atoms with Crippen LogP contribution < -0.4 is 9.47 Å². The maximum absolute atomic E-state index is 13.8. The van der Waals surface area contributed by atoms with Crippen molar-refractivity contribution in [2.45, 2.75) is 13.3 Å². The molecule has 0 N–H and O–H groups in total. The standard InChI is InChI=1S/C33H27BrN4O4/c1-21-27(18-24-20-38(26-7-5-4-6-8-26)36-31(24)23-10-12-25(34)13-11-23)32(39)37(33(40)28(21)19-35)16-15-22-9-14-29(41-2)30(17-22)42-3/h4-14,17-18,20H,15-16H2,1-3H3/b27-18+. The van der Waals surface area contributed by atoms with Crippen LogP contribution in [0.4, 0.5) is 0 Å². The number of ether oxygens (including phenoxy) is 2. The summed E-state index contributed by atoms with van der Waals surface area (Å²) in [6.07, 6.45) is 3.93. The minimum absolute atomic E-state index is 0.0613. The Bertz CT molecular complexity index is 1770. The minimum Gasteiger partial charge on any atom is -0.493 e. The summed E-state index contributed by atoms with van der Waals surface area (Å²) in [5, 5.41) is 14.7. The molecule has 0 saturated heterocycles. The van der Waals surface area contributed by atoms with E-state index < -0.39 is 11.8 Å². The Hall–Kier alpha value is -4.94. The van der Waals surface area contributed by atoms with E-state index >= 15 is 0 Å². The van der Waals surface area contributed by atoms with Crippen LogP contribution in [0, 0.1) is 11.3 Å². The molecule has 210 valence electrons. The van der Waals surface area contributed by atoms with Crippen LogP contribution in [0.15, 0.2) is 100 Å². The third kappa shape index (κ3) is 5.62. The largest absolute Gasteiger partial charge is 0.493 e. The minimum atomic E-state index is -0.606. The lowest BCUT2D eigenvalue weighted by molar-refractivity contribution is -0.140. The van der Waals surface area contributed by atoms with Gasteiger partial charge in [0.25, 0.3) is 11.8 Å². The van der Waals surface area contributed by atoms with Gasteiger partial charge < -0.3 is 9.47 Å². The molecule has 0 atom stereocenters. The number of imide groups is 1. The van der Waals surface area contributed by atoms with E-state index in [2.05, 4.69) is 15.9 Å². The van der Waals surface area contributed by atoms with E-state index in [1.54, 1.807) is 38.0 Å². The summed E-state index contributed by atoms with van der Waals surface area (Å²) in [5.41, 5.74) is 4.44. The first-order chi connectivity index (χ1) is 20.3. The lowest BCUT2D eigenvalue weighted by Gasteiger charge is -2.27. The predicted molar refractivity (Wildman–Crippen MR) is 163 cm³/mol. The summed E-state index contributed by atoms with van der Waals surface area (Å²) in [7, 11) is 3.10. The molecule has 0 fully saturated rings. The molecule has 0 unspecified atom stereocenters. The highest BCUT2D eigenvalue weighted by Gasteiger charge is 2.35. The molecule has 8 nitrogen and oxygen atoms in total. The van der Waals surface area contributed by atoms with Gasteiger partial charge in [0.1, 0.15) is 11.6 Å². The fourth-order valence-corrected chi connectivity index (χ4v) is 5.07. The SMILES string of the molecule is COc1ccc(CCN2C(=O)C(C#N)=C(C)/C(=C\c3cn(-c4ccccc4)nc3-c3ccc(Br)cc3)C2=O)cc1OC. The van der Waals surface area contributed by atoms with E-state index in [1.807, 2.05) is 79.0 Å². The maximum Gasteiger partial charge on any atom is 0.271 e. The van der Waals surface area contributed by atoms with Crippen LogP contribution in [0.2, 0.25) is 0 Å². The number of hydrogen-bond donors (Lipinski definition) is 0. The number of methoxy groups -OCH3 is 2. The van der Waals surface area contributed by atoms with Crippen LogP contribution in [0.1, 0.15) is 18.1 Å². The summed E-state index contributed by atoms with van der Waals surface area (Å²) in [5.74, 6) is 0.0627. The van der Waals surface area contributed by atoms with Crippen molar-refractivity contribution in [2.24, 2.45) is 0 Å². The zero-order valence-corrected chi connectivity index (χ0v) is 24.9. The number of rotatable bonds is 8. The van der Waals surface area contributed by atoms with Gasteiger partial charge in [0, 0.05) is 33.9 Å². The van der Waals surface area contributed by atoms with E-state index in [4.69, 9.17) is 14.6 Å². The number of halogens is 1. The molecule has 0 aliphatic carbocycles. The topological polar surface area (TPSA) is 97.5 Å². The summed E-state index contributed by atoms with van der Waals surface area (Å²) >= 11 is 3.48. The van der Waals surface area contributed by atoms with Crippen molar-refractivity contribution in [2.75, 3.05) is 20.8 Å². The number of nitriles is 1. The van der Waals surface area contributed by atoms with Gasteiger partial charge in [-0.3, -0.25) is 14.5 Å². The lowest BCUT2D eigenvalue weighted by Crippen LogP contribution is -2.43. The van der Waals surface area contributed by atoms with Crippen molar-refractivity contribution in [3.63, 3.8) is 0 Å². The Balaban J connectivity index is 1.55. The molecule has 0 saturated carbocycles. The molecule has 2 heterocycles. The smallest absolute Gasteiger partial charge is 0.271 e. The van der Waals surface area contributed by atoms with Gasteiger partial charge in [-0.25, -0.2) is 4.68 Å². The molecule has 9 heteroatoms. The van der Waals surface area contributed by atoms with Gasteiger partial charge in [0.05, 0.1) is 25.6 Å². The molecule has 5 rings (SSSR count). The number of carbonyl (C=O) groups is 2. The summed E-state index contributed by atoms with van der Waals surface area (Å²) in [6.45, 7) is 1.72. The average molecular weight is 624 g/mol. The molecule has 0 bridgehead atoms. The number of hydrogen-bond acceptors (Lipinski definition) is 6. The molecular weight excluding hydrogens is 596 g/mol. The first kappa shape index (κ1) is 28.6. The second kappa shape index (κ2) is 12.3.